The molecule has 2 aromatic rings. The van der Waals surface area contributed by atoms with Crippen molar-refractivity contribution in [2.24, 2.45) is 0 Å². The van der Waals surface area contributed by atoms with Crippen LogP contribution < -0.4 is 10.9 Å². The van der Waals surface area contributed by atoms with E-state index in [2.05, 4.69) is 15.3 Å². The van der Waals surface area contributed by atoms with Gasteiger partial charge in [0.15, 0.2) is 5.16 Å². The van der Waals surface area contributed by atoms with Crippen LogP contribution in [0.3, 0.4) is 0 Å². The molecule has 1 heterocycles. The number of amides is 1. The minimum absolute atomic E-state index is 0.101. The summed E-state index contributed by atoms with van der Waals surface area (Å²) >= 11 is 1.19. The van der Waals surface area contributed by atoms with Gasteiger partial charge in [0, 0.05) is 11.3 Å². The normalized spacial score (nSPS) is 13.4. The lowest BCUT2D eigenvalue weighted by molar-refractivity contribution is -0.113. The first kappa shape index (κ1) is 15.7. The zero-order valence-electron chi connectivity index (χ0n) is 12.4. The fourth-order valence-corrected chi connectivity index (χ4v) is 3.19. The monoisotopic (exact) mass is 333 g/mol. The quantitative estimate of drug-likeness (QED) is 0.666. The van der Waals surface area contributed by atoms with Gasteiger partial charge in [-0.2, -0.15) is 0 Å². The van der Waals surface area contributed by atoms with Crippen molar-refractivity contribution in [3.05, 3.63) is 51.7 Å². The molecule has 120 valence electrons. The van der Waals surface area contributed by atoms with E-state index >= 15 is 0 Å². The number of nitrogens with zero attached hydrogens (tertiary/aromatic N) is 1. The van der Waals surface area contributed by atoms with Crippen LogP contribution in [0.2, 0.25) is 0 Å². The Hall–Kier alpha value is -2.15. The third-order valence-electron chi connectivity index (χ3n) is 3.64. The summed E-state index contributed by atoms with van der Waals surface area (Å²) in [6.07, 6.45) is 3.64. The molecule has 1 aromatic carbocycles. The van der Waals surface area contributed by atoms with Crippen molar-refractivity contribution in [2.45, 2.75) is 30.8 Å². The van der Waals surface area contributed by atoms with Crippen molar-refractivity contribution in [1.82, 2.24) is 9.97 Å². The van der Waals surface area contributed by atoms with Crippen LogP contribution in [-0.4, -0.2) is 21.6 Å². The van der Waals surface area contributed by atoms with Crippen molar-refractivity contribution in [3.63, 3.8) is 0 Å². The second-order valence-corrected chi connectivity index (χ2v) is 6.31. The molecule has 0 aliphatic heterocycles. The Balaban J connectivity index is 1.61. The first-order chi connectivity index (χ1) is 11.1. The SMILES string of the molecule is O=C(CSc1nc2c(c(=O)[nH]1)CCCC2)Nc1ccc(F)cc1. The standard InChI is InChI=1S/C16H16FN3O2S/c17-10-5-7-11(8-6-10)18-14(21)9-23-16-19-13-4-2-1-3-12(13)15(22)20-16/h5-8H,1-4,9H2,(H,18,21)(H,19,20,22). The van der Waals surface area contributed by atoms with Gasteiger partial charge in [0.2, 0.25) is 5.91 Å². The average Bonchev–Trinajstić information content (AvgIpc) is 2.55. The summed E-state index contributed by atoms with van der Waals surface area (Å²) < 4.78 is 12.8. The third kappa shape index (κ3) is 3.98. The third-order valence-corrected chi connectivity index (χ3v) is 4.51. The van der Waals surface area contributed by atoms with Gasteiger partial charge in [-0.05, 0) is 49.9 Å². The van der Waals surface area contributed by atoms with E-state index in [1.807, 2.05) is 0 Å². The summed E-state index contributed by atoms with van der Waals surface area (Å²) in [7, 11) is 0. The van der Waals surface area contributed by atoms with Gasteiger partial charge in [-0.3, -0.25) is 9.59 Å². The van der Waals surface area contributed by atoms with E-state index in [9.17, 15) is 14.0 Å². The molecule has 0 saturated heterocycles. The Labute approximate surface area is 136 Å². The molecule has 0 radical (unpaired) electrons. The van der Waals surface area contributed by atoms with Crippen molar-refractivity contribution in [1.29, 1.82) is 0 Å². The maximum absolute atomic E-state index is 12.8. The Kier molecular flexibility index (Phi) is 4.76. The Morgan fingerprint density at radius 2 is 2.00 bits per heavy atom. The molecular weight excluding hydrogens is 317 g/mol. The van der Waals surface area contributed by atoms with Crippen LogP contribution in [0, 0.1) is 5.82 Å². The minimum atomic E-state index is -0.354. The van der Waals surface area contributed by atoms with E-state index in [0.29, 0.717) is 10.8 Å². The number of carbonyl (C=O) groups is 1. The fourth-order valence-electron chi connectivity index (χ4n) is 2.51. The van der Waals surface area contributed by atoms with Gasteiger partial charge < -0.3 is 10.3 Å². The molecule has 0 unspecified atom stereocenters. The molecule has 1 aromatic heterocycles. The smallest absolute Gasteiger partial charge is 0.254 e. The summed E-state index contributed by atoms with van der Waals surface area (Å²) in [5.74, 6) is -0.464. The molecule has 7 heteroatoms. The van der Waals surface area contributed by atoms with Gasteiger partial charge in [-0.1, -0.05) is 11.8 Å². The number of hydrogen-bond acceptors (Lipinski definition) is 4. The maximum atomic E-state index is 12.8. The summed E-state index contributed by atoms with van der Waals surface area (Å²) in [5, 5.41) is 3.13. The van der Waals surface area contributed by atoms with Gasteiger partial charge in [-0.25, -0.2) is 9.37 Å². The van der Waals surface area contributed by atoms with Crippen molar-refractivity contribution in [3.8, 4) is 0 Å². The molecule has 0 fully saturated rings. The number of aromatic nitrogens is 2. The van der Waals surface area contributed by atoms with Crippen LogP contribution in [0.5, 0.6) is 0 Å². The van der Waals surface area contributed by atoms with Gasteiger partial charge in [0.05, 0.1) is 11.4 Å². The summed E-state index contributed by atoms with van der Waals surface area (Å²) in [6, 6.07) is 5.56. The summed E-state index contributed by atoms with van der Waals surface area (Å²) in [5.41, 5.74) is 2.05. The molecular formula is C16H16FN3O2S. The van der Waals surface area contributed by atoms with Crippen LogP contribution in [0.15, 0.2) is 34.2 Å². The molecule has 1 aliphatic rings. The predicted octanol–water partition coefficient (Wildman–Crippen LogP) is 2.52. The molecule has 0 atom stereocenters. The summed E-state index contributed by atoms with van der Waals surface area (Å²) in [6.45, 7) is 0. The van der Waals surface area contributed by atoms with Crippen molar-refractivity contribution < 1.29 is 9.18 Å². The van der Waals surface area contributed by atoms with Crippen LogP contribution in [0.4, 0.5) is 10.1 Å². The van der Waals surface area contributed by atoms with E-state index in [4.69, 9.17) is 0 Å². The average molecular weight is 333 g/mol. The van der Waals surface area contributed by atoms with E-state index in [0.717, 1.165) is 36.9 Å². The number of aromatic amines is 1. The number of thioether (sulfide) groups is 1. The molecule has 0 spiro atoms. The van der Waals surface area contributed by atoms with Crippen LogP contribution in [0.25, 0.3) is 0 Å². The molecule has 0 saturated carbocycles. The van der Waals surface area contributed by atoms with Gasteiger partial charge in [0.1, 0.15) is 5.82 Å². The first-order valence-electron chi connectivity index (χ1n) is 7.42. The van der Waals surface area contributed by atoms with E-state index in [1.165, 1.54) is 36.0 Å². The molecule has 3 rings (SSSR count). The highest BCUT2D eigenvalue weighted by atomic mass is 32.2. The lowest BCUT2D eigenvalue weighted by Gasteiger charge is -2.14. The van der Waals surface area contributed by atoms with Gasteiger partial charge in [0.25, 0.3) is 5.56 Å². The summed E-state index contributed by atoms with van der Waals surface area (Å²) in [4.78, 5) is 31.1. The molecule has 23 heavy (non-hydrogen) atoms. The van der Waals surface area contributed by atoms with Crippen LogP contribution in [-0.2, 0) is 17.6 Å². The lowest BCUT2D eigenvalue weighted by Crippen LogP contribution is -2.22. The predicted molar refractivity (Wildman–Crippen MR) is 87.3 cm³/mol. The number of carbonyl (C=O) groups excluding carboxylic acids is 1. The van der Waals surface area contributed by atoms with Gasteiger partial charge in [-0.15, -0.1) is 0 Å². The number of halogens is 1. The Morgan fingerprint density at radius 3 is 2.78 bits per heavy atom. The second kappa shape index (κ2) is 6.95. The Morgan fingerprint density at radius 1 is 1.26 bits per heavy atom. The fraction of sp³-hybridized carbons (Fsp3) is 0.312. The zero-order valence-corrected chi connectivity index (χ0v) is 13.2. The second-order valence-electron chi connectivity index (χ2n) is 5.35. The van der Waals surface area contributed by atoms with Crippen LogP contribution in [0.1, 0.15) is 24.1 Å². The van der Waals surface area contributed by atoms with Gasteiger partial charge >= 0.3 is 0 Å². The first-order valence-corrected chi connectivity index (χ1v) is 8.40. The molecule has 0 bridgehead atoms. The zero-order chi connectivity index (χ0) is 16.2. The van der Waals surface area contributed by atoms with E-state index in [-0.39, 0.29) is 23.0 Å². The maximum Gasteiger partial charge on any atom is 0.254 e. The van der Waals surface area contributed by atoms with Crippen LogP contribution >= 0.6 is 11.8 Å². The molecule has 1 aliphatic carbocycles. The number of benzene rings is 1. The number of anilines is 1. The minimum Gasteiger partial charge on any atom is -0.325 e. The van der Waals surface area contributed by atoms with E-state index in [1.54, 1.807) is 0 Å². The highest BCUT2D eigenvalue weighted by molar-refractivity contribution is 7.99. The molecule has 5 nitrogen and oxygen atoms in total. The number of rotatable bonds is 4. The molecule has 2 N–H and O–H groups in total. The Bertz CT molecular complexity index is 774. The van der Waals surface area contributed by atoms with Crippen molar-refractivity contribution in [2.75, 3.05) is 11.1 Å². The highest BCUT2D eigenvalue weighted by Gasteiger charge is 2.16. The topological polar surface area (TPSA) is 74.8 Å². The number of fused-ring (bicyclic) bond motifs is 1. The highest BCUT2D eigenvalue weighted by Crippen LogP contribution is 2.19. The number of H-pyrrole nitrogens is 1. The lowest BCUT2D eigenvalue weighted by atomic mass is 9.97. The number of nitrogens with one attached hydrogen (secondary N) is 2. The van der Waals surface area contributed by atoms with E-state index < -0.39 is 0 Å². The number of hydrogen-bond donors (Lipinski definition) is 2. The number of aryl methyl sites for hydroxylation is 1. The molecule has 1 amide bonds. The van der Waals surface area contributed by atoms with Crippen molar-refractivity contribution >= 4 is 23.4 Å². The largest absolute Gasteiger partial charge is 0.325 e.